The molecule has 1 heterocycles. The number of hydrogen-bond donors (Lipinski definition) is 2. The van der Waals surface area contributed by atoms with Gasteiger partial charge in [0.1, 0.15) is 17.1 Å². The summed E-state index contributed by atoms with van der Waals surface area (Å²) in [7, 11) is 2.30. The lowest BCUT2D eigenvalue weighted by Crippen LogP contribution is -2.41. The number of benzene rings is 2. The predicted octanol–water partition coefficient (Wildman–Crippen LogP) is 4.58. The van der Waals surface area contributed by atoms with Crippen molar-refractivity contribution in [3.8, 4) is 6.07 Å². The molecule has 2 aromatic carbocycles. The summed E-state index contributed by atoms with van der Waals surface area (Å²) >= 11 is 6.52. The van der Waals surface area contributed by atoms with Gasteiger partial charge in [0.2, 0.25) is 0 Å². The number of carbonyl (C=O) groups excluding carboxylic acids is 3. The van der Waals surface area contributed by atoms with Crippen molar-refractivity contribution in [1.82, 2.24) is 0 Å². The number of allylic oxidation sites excluding steroid dienone is 1. The van der Waals surface area contributed by atoms with E-state index in [9.17, 15) is 19.6 Å². The molecule has 0 bridgehead atoms. The second-order valence-corrected chi connectivity index (χ2v) is 9.54. The summed E-state index contributed by atoms with van der Waals surface area (Å²) in [5.41, 5.74) is 6.15. The predicted molar refractivity (Wildman–Crippen MR) is 141 cm³/mol. The summed E-state index contributed by atoms with van der Waals surface area (Å²) in [6.07, 6.45) is -0.728. The Morgan fingerprint density at radius 1 is 1.05 bits per heavy atom. The minimum atomic E-state index is -1.03. The number of ether oxygens (including phenoxy) is 3. The summed E-state index contributed by atoms with van der Waals surface area (Å²) in [6, 6.07) is 15.1. The van der Waals surface area contributed by atoms with Gasteiger partial charge in [-0.2, -0.15) is 5.26 Å². The molecule has 1 atom stereocenters. The highest BCUT2D eigenvalue weighted by atomic mass is 35.5. The molecular formula is C27H27ClN4O6. The maximum absolute atomic E-state index is 13.2. The molecule has 0 aliphatic carbocycles. The van der Waals surface area contributed by atoms with E-state index in [0.717, 1.165) is 19.1 Å². The molecule has 198 valence electrons. The number of anilines is 2. The Morgan fingerprint density at radius 3 is 2.24 bits per heavy atom. The molecule has 2 aromatic rings. The van der Waals surface area contributed by atoms with Crippen LogP contribution in [-0.2, 0) is 23.8 Å². The van der Waals surface area contributed by atoms with Crippen LogP contribution in [0.25, 0.3) is 0 Å². The van der Waals surface area contributed by atoms with Crippen molar-refractivity contribution < 1.29 is 28.6 Å². The first kappa shape index (κ1) is 28.1. The van der Waals surface area contributed by atoms with Crippen molar-refractivity contribution in [1.29, 1.82) is 5.26 Å². The number of hydrogen-bond acceptors (Lipinski definition) is 9. The number of nitriles is 1. The number of nitrogens with two attached hydrogens (primary N) is 1. The van der Waals surface area contributed by atoms with E-state index in [1.54, 1.807) is 51.1 Å². The fourth-order valence-electron chi connectivity index (χ4n) is 3.95. The van der Waals surface area contributed by atoms with Gasteiger partial charge in [-0.15, -0.1) is 0 Å². The first-order valence-electron chi connectivity index (χ1n) is 11.4. The molecule has 1 unspecified atom stereocenters. The average molecular weight is 539 g/mol. The minimum absolute atomic E-state index is 0.0224. The molecule has 38 heavy (non-hydrogen) atoms. The number of amides is 1. The van der Waals surface area contributed by atoms with Gasteiger partial charge >= 0.3 is 18.0 Å². The Hall–Kier alpha value is -4.49. The Labute approximate surface area is 225 Å². The number of methoxy groups -OCH3 is 2. The van der Waals surface area contributed by atoms with Gasteiger partial charge < -0.3 is 19.9 Å². The van der Waals surface area contributed by atoms with Gasteiger partial charge in [0.15, 0.2) is 0 Å². The van der Waals surface area contributed by atoms with Crippen LogP contribution in [0.15, 0.2) is 71.2 Å². The maximum Gasteiger partial charge on any atom is 0.412 e. The molecule has 11 heteroatoms. The zero-order valence-electron chi connectivity index (χ0n) is 21.5. The third-order valence-corrected chi connectivity index (χ3v) is 5.76. The number of rotatable bonds is 5. The van der Waals surface area contributed by atoms with Crippen molar-refractivity contribution in [2.75, 3.05) is 24.4 Å². The third-order valence-electron chi connectivity index (χ3n) is 5.44. The van der Waals surface area contributed by atoms with Crippen molar-refractivity contribution in [2.24, 2.45) is 5.73 Å². The number of halogens is 1. The normalized spacial score (nSPS) is 15.5. The largest absolute Gasteiger partial charge is 0.466 e. The molecule has 0 fully saturated rings. The average Bonchev–Trinajstić information content (AvgIpc) is 2.87. The second-order valence-electron chi connectivity index (χ2n) is 9.13. The molecule has 0 aromatic heterocycles. The van der Waals surface area contributed by atoms with Gasteiger partial charge in [0.25, 0.3) is 0 Å². The van der Waals surface area contributed by atoms with E-state index in [-0.39, 0.29) is 39.1 Å². The smallest absolute Gasteiger partial charge is 0.412 e. The maximum atomic E-state index is 13.2. The molecule has 0 spiro atoms. The van der Waals surface area contributed by atoms with Gasteiger partial charge in [-0.05, 0) is 44.5 Å². The zero-order chi connectivity index (χ0) is 28.2. The molecule has 0 saturated heterocycles. The van der Waals surface area contributed by atoms with Gasteiger partial charge in [-0.1, -0.05) is 41.9 Å². The van der Waals surface area contributed by atoms with Crippen LogP contribution in [0.1, 0.15) is 32.3 Å². The Balaban J connectivity index is 2.30. The highest BCUT2D eigenvalue weighted by Crippen LogP contribution is 2.45. The van der Waals surface area contributed by atoms with E-state index in [0.29, 0.717) is 5.56 Å². The Kier molecular flexibility index (Phi) is 8.33. The minimum Gasteiger partial charge on any atom is -0.466 e. The van der Waals surface area contributed by atoms with Crippen LogP contribution in [0.5, 0.6) is 0 Å². The lowest BCUT2D eigenvalue weighted by molar-refractivity contribution is -0.139. The van der Waals surface area contributed by atoms with E-state index in [1.165, 1.54) is 18.2 Å². The lowest BCUT2D eigenvalue weighted by atomic mass is 9.81. The Bertz CT molecular complexity index is 1370. The van der Waals surface area contributed by atoms with E-state index in [2.05, 4.69) is 11.4 Å². The quantitative estimate of drug-likeness (QED) is 0.412. The van der Waals surface area contributed by atoms with Crippen LogP contribution < -0.4 is 16.0 Å². The number of nitrogens with zero attached hydrogens (tertiary/aromatic N) is 2. The van der Waals surface area contributed by atoms with Gasteiger partial charge in [0.05, 0.1) is 48.1 Å². The summed E-state index contributed by atoms with van der Waals surface area (Å²) in [4.78, 5) is 39.9. The molecule has 3 N–H and O–H groups in total. The van der Waals surface area contributed by atoms with E-state index in [4.69, 9.17) is 31.5 Å². The van der Waals surface area contributed by atoms with Crippen LogP contribution in [0.2, 0.25) is 5.02 Å². The molecule has 1 aliphatic rings. The summed E-state index contributed by atoms with van der Waals surface area (Å²) in [5.74, 6) is -2.98. The van der Waals surface area contributed by atoms with E-state index in [1.807, 2.05) is 0 Å². The molecule has 10 nitrogen and oxygen atoms in total. The molecule has 0 radical (unpaired) electrons. The second kappa shape index (κ2) is 11.3. The van der Waals surface area contributed by atoms with Crippen LogP contribution >= 0.6 is 11.6 Å². The molecule has 3 rings (SSSR count). The molecule has 1 aliphatic heterocycles. The van der Waals surface area contributed by atoms with Crippen LogP contribution in [0.3, 0.4) is 0 Å². The molecule has 0 saturated carbocycles. The first-order chi connectivity index (χ1) is 17.9. The van der Waals surface area contributed by atoms with Crippen LogP contribution in [0, 0.1) is 11.3 Å². The van der Waals surface area contributed by atoms with Gasteiger partial charge in [0, 0.05) is 5.69 Å². The number of esters is 2. The molecular weight excluding hydrogens is 512 g/mol. The zero-order valence-corrected chi connectivity index (χ0v) is 22.3. The highest BCUT2D eigenvalue weighted by Gasteiger charge is 2.43. The topological polar surface area (TPSA) is 144 Å². The SMILES string of the molecule is COC(=O)C1=C(C(=O)OC)N(c2cc(NC(=O)OC(C)(C)C)ccc2Cl)C(N)=C(C#N)C1c1ccccc1. The standard InChI is InChI=1S/C27H27ClN4O6/c1-27(2,3)38-26(35)31-16-11-12-18(28)19(13-16)32-22(25(34)37-5)21(24(33)36-4)20(17(14-29)23(32)30)15-9-7-6-8-10-15/h6-13,20H,30H2,1-5H3,(H,31,35). The van der Waals surface area contributed by atoms with Crippen molar-refractivity contribution >= 4 is 41.0 Å². The fourth-order valence-corrected chi connectivity index (χ4v) is 4.15. The van der Waals surface area contributed by atoms with Crippen LogP contribution in [-0.4, -0.2) is 37.9 Å². The fraction of sp³-hybridized carbons (Fsp3) is 0.259. The van der Waals surface area contributed by atoms with Crippen molar-refractivity contribution in [3.05, 3.63) is 81.8 Å². The lowest BCUT2D eigenvalue weighted by Gasteiger charge is -2.36. The number of carbonyl (C=O) groups is 3. The van der Waals surface area contributed by atoms with Gasteiger partial charge in [-0.25, -0.2) is 14.4 Å². The van der Waals surface area contributed by atoms with Crippen LogP contribution in [0.4, 0.5) is 16.2 Å². The molecule has 1 amide bonds. The monoisotopic (exact) mass is 538 g/mol. The number of nitrogens with one attached hydrogen (secondary N) is 1. The van der Waals surface area contributed by atoms with E-state index < -0.39 is 29.6 Å². The Morgan fingerprint density at radius 2 is 1.68 bits per heavy atom. The van der Waals surface area contributed by atoms with Crippen molar-refractivity contribution in [2.45, 2.75) is 32.3 Å². The summed E-state index contributed by atoms with van der Waals surface area (Å²) in [6.45, 7) is 5.15. The summed E-state index contributed by atoms with van der Waals surface area (Å²) < 4.78 is 15.3. The summed E-state index contributed by atoms with van der Waals surface area (Å²) in [5, 5.41) is 12.8. The third kappa shape index (κ3) is 5.74. The van der Waals surface area contributed by atoms with Crippen molar-refractivity contribution in [3.63, 3.8) is 0 Å². The first-order valence-corrected chi connectivity index (χ1v) is 11.8. The highest BCUT2D eigenvalue weighted by molar-refractivity contribution is 6.33. The van der Waals surface area contributed by atoms with Gasteiger partial charge in [-0.3, -0.25) is 10.2 Å². The van der Waals surface area contributed by atoms with E-state index >= 15 is 0 Å².